The number of carbonyl (C=O) groups is 1. The van der Waals surface area contributed by atoms with Crippen LogP contribution in [0, 0.1) is 0 Å². The first kappa shape index (κ1) is 11.9. The third kappa shape index (κ3) is 3.20. The van der Waals surface area contributed by atoms with Crippen LogP contribution in [0.3, 0.4) is 0 Å². The Balaban J connectivity index is 2.15. The molecule has 0 amide bonds. The van der Waals surface area contributed by atoms with Gasteiger partial charge in [-0.1, -0.05) is 18.2 Å². The molecule has 0 radical (unpaired) electrons. The number of hydrogen-bond donors (Lipinski definition) is 1. The highest BCUT2D eigenvalue weighted by Crippen LogP contribution is 2.22. The Morgan fingerprint density at radius 3 is 2.53 bits per heavy atom. The topological polar surface area (TPSA) is 49.8 Å². The van der Waals surface area contributed by atoms with E-state index in [0.29, 0.717) is 13.2 Å². The molecule has 0 atom stereocenters. The van der Waals surface area contributed by atoms with Gasteiger partial charge in [-0.2, -0.15) is 0 Å². The summed E-state index contributed by atoms with van der Waals surface area (Å²) in [6, 6.07) is 9.98. The van der Waals surface area contributed by atoms with Crippen LogP contribution in [0.15, 0.2) is 30.3 Å². The van der Waals surface area contributed by atoms with E-state index in [0.717, 1.165) is 18.5 Å². The Morgan fingerprint density at radius 1 is 1.29 bits per heavy atom. The summed E-state index contributed by atoms with van der Waals surface area (Å²) >= 11 is 0. The molecule has 1 heterocycles. The molecule has 4 heteroatoms. The second-order valence-electron chi connectivity index (χ2n) is 4.20. The molecule has 2 rings (SSSR count). The summed E-state index contributed by atoms with van der Waals surface area (Å²) in [5, 5.41) is 9.00. The lowest BCUT2D eigenvalue weighted by Gasteiger charge is -2.34. The zero-order valence-corrected chi connectivity index (χ0v) is 9.71. The second kappa shape index (κ2) is 5.68. The lowest BCUT2D eigenvalue weighted by Crippen LogP contribution is -2.42. The fourth-order valence-electron chi connectivity index (χ4n) is 2.19. The minimum atomic E-state index is -0.791. The lowest BCUT2D eigenvalue weighted by molar-refractivity contribution is -0.135. The number of anilines is 1. The van der Waals surface area contributed by atoms with Gasteiger partial charge in [-0.3, -0.25) is 4.79 Å². The Labute approximate surface area is 101 Å². The van der Waals surface area contributed by atoms with E-state index < -0.39 is 5.97 Å². The van der Waals surface area contributed by atoms with Gasteiger partial charge >= 0.3 is 5.97 Å². The first-order chi connectivity index (χ1) is 8.27. The summed E-state index contributed by atoms with van der Waals surface area (Å²) in [4.78, 5) is 12.9. The van der Waals surface area contributed by atoms with Crippen molar-refractivity contribution in [2.45, 2.75) is 18.9 Å². The SMILES string of the molecule is O=C(O)CN(c1ccccc1)C1CCOCC1. The summed E-state index contributed by atoms with van der Waals surface area (Å²) in [5.41, 5.74) is 0.974. The van der Waals surface area contributed by atoms with Crippen LogP contribution in [0.4, 0.5) is 5.69 Å². The van der Waals surface area contributed by atoms with E-state index in [4.69, 9.17) is 9.84 Å². The number of carboxylic acid groups (broad SMARTS) is 1. The van der Waals surface area contributed by atoms with Gasteiger partial charge in [-0.15, -0.1) is 0 Å². The van der Waals surface area contributed by atoms with Gasteiger partial charge in [-0.25, -0.2) is 0 Å². The maximum absolute atomic E-state index is 11.0. The van der Waals surface area contributed by atoms with Crippen molar-refractivity contribution in [1.82, 2.24) is 0 Å². The maximum atomic E-state index is 11.0. The summed E-state index contributed by atoms with van der Waals surface area (Å²) in [6.07, 6.45) is 1.78. The highest BCUT2D eigenvalue weighted by atomic mass is 16.5. The fraction of sp³-hybridized carbons (Fsp3) is 0.462. The molecule has 0 bridgehead atoms. The van der Waals surface area contributed by atoms with Crippen LogP contribution in [0.25, 0.3) is 0 Å². The third-order valence-electron chi connectivity index (χ3n) is 3.03. The van der Waals surface area contributed by atoms with Gasteiger partial charge in [0.05, 0.1) is 0 Å². The fourth-order valence-corrected chi connectivity index (χ4v) is 2.19. The molecule has 0 aliphatic carbocycles. The molecule has 1 N–H and O–H groups in total. The molecule has 0 spiro atoms. The standard InChI is InChI=1S/C13H17NO3/c15-13(16)10-14(11-4-2-1-3-5-11)12-6-8-17-9-7-12/h1-5,12H,6-10H2,(H,15,16). The highest BCUT2D eigenvalue weighted by molar-refractivity contribution is 5.74. The predicted octanol–water partition coefficient (Wildman–Crippen LogP) is 1.76. The number of benzene rings is 1. The Bertz CT molecular complexity index is 360. The average Bonchev–Trinajstić information content (AvgIpc) is 2.38. The van der Waals surface area contributed by atoms with Gasteiger partial charge < -0.3 is 14.7 Å². The molecule has 1 aromatic rings. The van der Waals surface area contributed by atoms with E-state index in [1.165, 1.54) is 0 Å². The van der Waals surface area contributed by atoms with Crippen molar-refractivity contribution in [2.75, 3.05) is 24.7 Å². The van der Waals surface area contributed by atoms with Crippen LogP contribution >= 0.6 is 0 Å². The number of aliphatic carboxylic acids is 1. The van der Waals surface area contributed by atoms with Crippen LogP contribution in [0.5, 0.6) is 0 Å². The Kier molecular flexibility index (Phi) is 3.98. The predicted molar refractivity (Wildman–Crippen MR) is 65.3 cm³/mol. The molecule has 0 aromatic heterocycles. The van der Waals surface area contributed by atoms with Crippen molar-refractivity contribution >= 4 is 11.7 Å². The van der Waals surface area contributed by atoms with Gasteiger partial charge in [0.2, 0.25) is 0 Å². The first-order valence-electron chi connectivity index (χ1n) is 5.88. The molecule has 4 nitrogen and oxygen atoms in total. The molecular weight excluding hydrogens is 218 g/mol. The molecule has 1 aliphatic rings. The third-order valence-corrected chi connectivity index (χ3v) is 3.03. The molecule has 0 unspecified atom stereocenters. The second-order valence-corrected chi connectivity index (χ2v) is 4.20. The molecule has 1 aromatic carbocycles. The van der Waals surface area contributed by atoms with Crippen molar-refractivity contribution in [2.24, 2.45) is 0 Å². The quantitative estimate of drug-likeness (QED) is 0.864. The van der Waals surface area contributed by atoms with Crippen LogP contribution < -0.4 is 4.90 Å². The van der Waals surface area contributed by atoms with E-state index in [1.54, 1.807) is 0 Å². The minimum absolute atomic E-state index is 0.0503. The largest absolute Gasteiger partial charge is 0.480 e. The molecule has 1 aliphatic heterocycles. The smallest absolute Gasteiger partial charge is 0.323 e. The molecular formula is C13H17NO3. The van der Waals surface area contributed by atoms with Gasteiger partial charge in [0.25, 0.3) is 0 Å². The number of carboxylic acids is 1. The van der Waals surface area contributed by atoms with Gasteiger partial charge in [0.15, 0.2) is 0 Å². The number of para-hydroxylation sites is 1. The monoisotopic (exact) mass is 235 g/mol. The molecule has 0 saturated carbocycles. The number of hydrogen-bond acceptors (Lipinski definition) is 3. The van der Waals surface area contributed by atoms with E-state index in [2.05, 4.69) is 0 Å². The summed E-state index contributed by atoms with van der Waals surface area (Å²) in [7, 11) is 0. The van der Waals surface area contributed by atoms with Crippen LogP contribution in [-0.2, 0) is 9.53 Å². The zero-order chi connectivity index (χ0) is 12.1. The van der Waals surface area contributed by atoms with Crippen LogP contribution in [-0.4, -0.2) is 36.9 Å². The Hall–Kier alpha value is -1.55. The van der Waals surface area contributed by atoms with Crippen molar-refractivity contribution in [3.8, 4) is 0 Å². The van der Waals surface area contributed by atoms with Crippen molar-refractivity contribution in [3.63, 3.8) is 0 Å². The van der Waals surface area contributed by atoms with E-state index in [-0.39, 0.29) is 12.6 Å². The van der Waals surface area contributed by atoms with Crippen LogP contribution in [0.2, 0.25) is 0 Å². The van der Waals surface area contributed by atoms with Gasteiger partial charge in [0.1, 0.15) is 6.54 Å². The molecule has 1 fully saturated rings. The zero-order valence-electron chi connectivity index (χ0n) is 9.71. The number of ether oxygens (including phenoxy) is 1. The van der Waals surface area contributed by atoms with E-state index in [9.17, 15) is 4.79 Å². The van der Waals surface area contributed by atoms with Crippen molar-refractivity contribution in [1.29, 1.82) is 0 Å². The normalized spacial score (nSPS) is 16.7. The first-order valence-corrected chi connectivity index (χ1v) is 5.88. The van der Waals surface area contributed by atoms with Crippen LogP contribution in [0.1, 0.15) is 12.8 Å². The Morgan fingerprint density at radius 2 is 1.94 bits per heavy atom. The molecule has 92 valence electrons. The number of nitrogens with zero attached hydrogens (tertiary/aromatic N) is 1. The summed E-state index contributed by atoms with van der Waals surface area (Å²) in [5.74, 6) is -0.791. The highest BCUT2D eigenvalue weighted by Gasteiger charge is 2.23. The average molecular weight is 235 g/mol. The van der Waals surface area contributed by atoms with Crippen molar-refractivity contribution in [3.05, 3.63) is 30.3 Å². The lowest BCUT2D eigenvalue weighted by atomic mass is 10.1. The number of rotatable bonds is 4. The summed E-state index contributed by atoms with van der Waals surface area (Å²) < 4.78 is 5.32. The maximum Gasteiger partial charge on any atom is 0.323 e. The van der Waals surface area contributed by atoms with E-state index in [1.807, 2.05) is 35.2 Å². The molecule has 17 heavy (non-hydrogen) atoms. The van der Waals surface area contributed by atoms with E-state index >= 15 is 0 Å². The minimum Gasteiger partial charge on any atom is -0.480 e. The van der Waals surface area contributed by atoms with Crippen molar-refractivity contribution < 1.29 is 14.6 Å². The van der Waals surface area contributed by atoms with Gasteiger partial charge in [0, 0.05) is 24.9 Å². The summed E-state index contributed by atoms with van der Waals surface area (Å²) in [6.45, 7) is 1.48. The van der Waals surface area contributed by atoms with Gasteiger partial charge in [-0.05, 0) is 25.0 Å². The molecule has 1 saturated heterocycles.